The van der Waals surface area contributed by atoms with Crippen LogP contribution in [0.15, 0.2) is 29.3 Å². The molecule has 1 fully saturated rings. The summed E-state index contributed by atoms with van der Waals surface area (Å²) in [6.07, 6.45) is 2.42. The Bertz CT molecular complexity index is 515. The number of nitrogens with one attached hydrogen (secondary N) is 2. The van der Waals surface area contributed by atoms with Gasteiger partial charge in [-0.1, -0.05) is 12.1 Å². The highest BCUT2D eigenvalue weighted by Crippen LogP contribution is 2.15. The quantitative estimate of drug-likeness (QED) is 0.380. The number of hydrogen-bond acceptors (Lipinski definition) is 3. The van der Waals surface area contributed by atoms with Gasteiger partial charge < -0.3 is 15.4 Å². The first-order valence-corrected chi connectivity index (χ1v) is 8.15. The average Bonchev–Trinajstić information content (AvgIpc) is 3.00. The van der Waals surface area contributed by atoms with Crippen molar-refractivity contribution in [2.24, 2.45) is 4.99 Å². The number of hydrogen-bond donors (Lipinski definition) is 2. The Morgan fingerprint density at radius 2 is 2.25 bits per heavy atom. The van der Waals surface area contributed by atoms with Crippen molar-refractivity contribution in [2.45, 2.75) is 25.4 Å². The lowest BCUT2D eigenvalue weighted by molar-refractivity contribution is 0.141. The normalized spacial score (nSPS) is 18.3. The number of likely N-dealkylation sites (tertiary alicyclic amines) is 1. The molecule has 1 atom stereocenters. The number of ether oxygens (including phenoxy) is 1. The second-order valence-corrected chi connectivity index (χ2v) is 5.76. The van der Waals surface area contributed by atoms with Crippen molar-refractivity contribution in [3.63, 3.8) is 0 Å². The maximum Gasteiger partial charge on any atom is 0.191 e. The third kappa shape index (κ3) is 6.90. The SMILES string of the molecule is CN=C(NCc1cccc(F)c1)NCC1CCCN1CCOC.I. The average molecular weight is 450 g/mol. The summed E-state index contributed by atoms with van der Waals surface area (Å²) in [7, 11) is 3.49. The van der Waals surface area contributed by atoms with Gasteiger partial charge in [0.05, 0.1) is 6.61 Å². The van der Waals surface area contributed by atoms with Crippen molar-refractivity contribution in [3.05, 3.63) is 35.6 Å². The van der Waals surface area contributed by atoms with E-state index in [-0.39, 0.29) is 29.8 Å². The first-order chi connectivity index (χ1) is 11.2. The van der Waals surface area contributed by atoms with Crippen molar-refractivity contribution in [1.82, 2.24) is 15.5 Å². The molecule has 0 radical (unpaired) electrons. The topological polar surface area (TPSA) is 48.9 Å². The zero-order valence-corrected chi connectivity index (χ0v) is 16.8. The van der Waals surface area contributed by atoms with Crippen LogP contribution in [0.1, 0.15) is 18.4 Å². The fourth-order valence-electron chi connectivity index (χ4n) is 2.90. The monoisotopic (exact) mass is 450 g/mol. The highest BCUT2D eigenvalue weighted by molar-refractivity contribution is 14.0. The summed E-state index contributed by atoms with van der Waals surface area (Å²) in [5, 5.41) is 6.59. The smallest absolute Gasteiger partial charge is 0.191 e. The van der Waals surface area contributed by atoms with Gasteiger partial charge in [0.25, 0.3) is 0 Å². The van der Waals surface area contributed by atoms with Gasteiger partial charge in [-0.3, -0.25) is 9.89 Å². The van der Waals surface area contributed by atoms with Crippen LogP contribution in [0, 0.1) is 5.82 Å². The lowest BCUT2D eigenvalue weighted by Gasteiger charge is -2.25. The van der Waals surface area contributed by atoms with Crippen LogP contribution < -0.4 is 10.6 Å². The Labute approximate surface area is 161 Å². The second-order valence-electron chi connectivity index (χ2n) is 5.76. The molecule has 1 saturated heterocycles. The molecule has 1 heterocycles. The maximum atomic E-state index is 13.2. The molecule has 0 amide bonds. The predicted molar refractivity (Wildman–Crippen MR) is 106 cm³/mol. The first kappa shape index (κ1) is 21.1. The van der Waals surface area contributed by atoms with Gasteiger partial charge in [0.2, 0.25) is 0 Å². The number of nitrogens with zero attached hydrogens (tertiary/aromatic N) is 2. The highest BCUT2D eigenvalue weighted by atomic mass is 127. The van der Waals surface area contributed by atoms with Gasteiger partial charge in [-0.05, 0) is 37.1 Å². The van der Waals surface area contributed by atoms with Gasteiger partial charge in [0.1, 0.15) is 5.82 Å². The van der Waals surface area contributed by atoms with E-state index in [1.165, 1.54) is 25.0 Å². The Morgan fingerprint density at radius 1 is 1.42 bits per heavy atom. The summed E-state index contributed by atoms with van der Waals surface area (Å²) in [5.41, 5.74) is 0.899. The van der Waals surface area contributed by atoms with E-state index in [9.17, 15) is 4.39 Å². The van der Waals surface area contributed by atoms with Gasteiger partial charge in [0.15, 0.2) is 5.96 Å². The fourth-order valence-corrected chi connectivity index (χ4v) is 2.90. The van der Waals surface area contributed by atoms with Crippen molar-refractivity contribution in [2.75, 3.05) is 40.4 Å². The number of rotatable bonds is 7. The summed E-state index contributed by atoms with van der Waals surface area (Å²) in [6, 6.07) is 7.11. The predicted octanol–water partition coefficient (Wildman–Crippen LogP) is 2.22. The fraction of sp³-hybridized carbons (Fsp3) is 0.588. The van der Waals surface area contributed by atoms with E-state index in [2.05, 4.69) is 20.5 Å². The molecule has 2 rings (SSSR count). The molecular formula is C17H28FIN4O. The van der Waals surface area contributed by atoms with E-state index in [1.807, 2.05) is 6.07 Å². The molecule has 1 aliphatic rings. The molecule has 1 aromatic carbocycles. The summed E-state index contributed by atoms with van der Waals surface area (Å²) in [5.74, 6) is 0.528. The zero-order chi connectivity index (χ0) is 16.5. The van der Waals surface area contributed by atoms with E-state index in [0.29, 0.717) is 12.6 Å². The Kier molecular flexibility index (Phi) is 10.2. The molecule has 1 unspecified atom stereocenters. The number of aliphatic imine (C=N–C) groups is 1. The van der Waals surface area contributed by atoms with Crippen molar-refractivity contribution >= 4 is 29.9 Å². The van der Waals surface area contributed by atoms with Crippen LogP contribution >= 0.6 is 24.0 Å². The van der Waals surface area contributed by atoms with Gasteiger partial charge >= 0.3 is 0 Å². The van der Waals surface area contributed by atoms with Crippen molar-refractivity contribution in [3.8, 4) is 0 Å². The van der Waals surface area contributed by atoms with Crippen LogP contribution in [0.25, 0.3) is 0 Å². The maximum absolute atomic E-state index is 13.2. The minimum Gasteiger partial charge on any atom is -0.383 e. The molecule has 0 spiro atoms. The largest absolute Gasteiger partial charge is 0.383 e. The van der Waals surface area contributed by atoms with E-state index in [0.717, 1.165) is 37.8 Å². The van der Waals surface area contributed by atoms with E-state index in [1.54, 1.807) is 20.2 Å². The summed E-state index contributed by atoms with van der Waals surface area (Å²) in [4.78, 5) is 6.69. The van der Waals surface area contributed by atoms with Gasteiger partial charge in [-0.15, -0.1) is 24.0 Å². The number of methoxy groups -OCH3 is 1. The Hall–Kier alpha value is -0.930. The molecule has 0 saturated carbocycles. The van der Waals surface area contributed by atoms with Crippen molar-refractivity contribution < 1.29 is 9.13 Å². The minimum absolute atomic E-state index is 0. The van der Waals surface area contributed by atoms with E-state index in [4.69, 9.17) is 4.74 Å². The molecule has 0 aliphatic carbocycles. The lowest BCUT2D eigenvalue weighted by atomic mass is 10.2. The van der Waals surface area contributed by atoms with Crippen LogP contribution in [-0.2, 0) is 11.3 Å². The molecule has 0 bridgehead atoms. The molecule has 1 aromatic rings. The molecular weight excluding hydrogens is 422 g/mol. The van der Waals surface area contributed by atoms with Crippen LogP contribution in [0.3, 0.4) is 0 Å². The van der Waals surface area contributed by atoms with Gasteiger partial charge in [0, 0.05) is 39.8 Å². The molecule has 2 N–H and O–H groups in total. The molecule has 136 valence electrons. The Balaban J connectivity index is 0.00000288. The van der Waals surface area contributed by atoms with Crippen LogP contribution in [-0.4, -0.2) is 57.3 Å². The van der Waals surface area contributed by atoms with Gasteiger partial charge in [-0.25, -0.2) is 4.39 Å². The number of guanidine groups is 1. The number of halogens is 2. The van der Waals surface area contributed by atoms with Crippen LogP contribution in [0.4, 0.5) is 4.39 Å². The third-order valence-corrected chi connectivity index (χ3v) is 4.16. The summed E-state index contributed by atoms with van der Waals surface area (Å²) < 4.78 is 18.3. The van der Waals surface area contributed by atoms with Gasteiger partial charge in [-0.2, -0.15) is 0 Å². The van der Waals surface area contributed by atoms with Crippen LogP contribution in [0.5, 0.6) is 0 Å². The second kappa shape index (κ2) is 11.6. The third-order valence-electron chi connectivity index (χ3n) is 4.16. The van der Waals surface area contributed by atoms with Crippen LogP contribution in [0.2, 0.25) is 0 Å². The van der Waals surface area contributed by atoms with E-state index >= 15 is 0 Å². The lowest BCUT2D eigenvalue weighted by Crippen LogP contribution is -2.45. The Morgan fingerprint density at radius 3 is 2.96 bits per heavy atom. The zero-order valence-electron chi connectivity index (χ0n) is 14.4. The summed E-state index contributed by atoms with van der Waals surface area (Å²) >= 11 is 0. The van der Waals surface area contributed by atoms with E-state index < -0.39 is 0 Å². The first-order valence-electron chi connectivity index (χ1n) is 8.15. The molecule has 7 heteroatoms. The molecule has 0 aromatic heterocycles. The molecule has 1 aliphatic heterocycles. The van der Waals surface area contributed by atoms with Crippen molar-refractivity contribution in [1.29, 1.82) is 0 Å². The minimum atomic E-state index is -0.216. The standard InChI is InChI=1S/C17H27FN4O.HI/c1-19-17(20-12-14-5-3-6-15(18)11-14)21-13-16-7-4-8-22(16)9-10-23-2;/h3,5-6,11,16H,4,7-10,12-13H2,1-2H3,(H2,19,20,21);1H. The highest BCUT2D eigenvalue weighted by Gasteiger charge is 2.23. The molecule has 5 nitrogen and oxygen atoms in total. The molecule has 24 heavy (non-hydrogen) atoms. The number of benzene rings is 1. The summed E-state index contributed by atoms with van der Waals surface area (Å²) in [6.45, 7) is 4.27.